The van der Waals surface area contributed by atoms with Gasteiger partial charge in [0.1, 0.15) is 29.1 Å². The van der Waals surface area contributed by atoms with Crippen molar-refractivity contribution in [3.8, 4) is 22.3 Å². The molecule has 2 aliphatic heterocycles. The molecule has 1 atom stereocenters. The van der Waals surface area contributed by atoms with Crippen LogP contribution in [0.5, 0.6) is 0 Å². The third-order valence-corrected chi connectivity index (χ3v) is 9.41. The van der Waals surface area contributed by atoms with Gasteiger partial charge in [-0.3, -0.25) is 0 Å². The first-order valence-electron chi connectivity index (χ1n) is 14.1. The maximum absolute atomic E-state index is 16.1. The molecule has 1 spiro atoms. The van der Waals surface area contributed by atoms with Crippen LogP contribution in [0.15, 0.2) is 6.07 Å². The van der Waals surface area contributed by atoms with Gasteiger partial charge in [-0.25, -0.2) is 87.8 Å². The van der Waals surface area contributed by atoms with E-state index in [1.165, 1.54) is 0 Å². The Morgan fingerprint density at radius 2 is 0.583 bits per heavy atom. The first kappa shape index (κ1) is 52.5. The second-order valence-corrected chi connectivity index (χ2v) is 11.9. The molecular weight excluding hydrogens is 890 g/mol. The average Bonchev–Trinajstić information content (AvgIpc) is 3.59. The smallest absolute Gasteiger partial charge is 0.594 e. The molecule has 5 aromatic rings. The van der Waals surface area contributed by atoms with Gasteiger partial charge in [0.05, 0.1) is 0 Å². The molecule has 0 aromatic heterocycles. The van der Waals surface area contributed by atoms with Crippen LogP contribution in [0, 0.1) is 116 Å². The second-order valence-electron chi connectivity index (χ2n) is 11.9. The lowest BCUT2D eigenvalue weighted by atomic mass is 9.30. The van der Waals surface area contributed by atoms with E-state index in [4.69, 9.17) is 5.02 Å². The van der Waals surface area contributed by atoms with E-state index in [1.807, 2.05) is 0 Å². The maximum atomic E-state index is 16.1. The molecule has 0 aliphatic carbocycles. The normalized spacial score (nSPS) is 15.1. The molecule has 60 heavy (non-hydrogen) atoms. The lowest BCUT2D eigenvalue weighted by molar-refractivity contribution is 0.279. The van der Waals surface area contributed by atoms with Gasteiger partial charge < -0.3 is 42.5 Å². The fourth-order valence-corrected chi connectivity index (χ4v) is 7.40. The van der Waals surface area contributed by atoms with Gasteiger partial charge in [0.25, 0.3) is 0 Å². The predicted octanol–water partition coefficient (Wildman–Crippen LogP) is -0.0427. The largest absolute Gasteiger partial charge is 0.852 e. The molecule has 2 aliphatic rings. The summed E-state index contributed by atoms with van der Waals surface area (Å²) < 4.78 is 306. The minimum absolute atomic E-state index is 0. The van der Waals surface area contributed by atoms with E-state index in [-0.39, 0.29) is 32.9 Å². The van der Waals surface area contributed by atoms with Crippen LogP contribution < -0.4 is 27.3 Å². The molecule has 0 unspecified atom stereocenters. The van der Waals surface area contributed by atoms with Crippen LogP contribution in [0.1, 0.15) is 0 Å². The fourth-order valence-electron chi connectivity index (χ4n) is 7.40. The molecule has 330 valence electrons. The van der Waals surface area contributed by atoms with Crippen LogP contribution in [-0.2, 0) is 0 Å². The summed E-state index contributed by atoms with van der Waals surface area (Å²) in [6, 6.07) is -0.647. The van der Waals surface area contributed by atoms with E-state index in [1.54, 1.807) is 0 Å². The molecule has 0 amide bonds. The fraction of sp³-hybridized carbons (Fsp3) is 0. The van der Waals surface area contributed by atoms with Gasteiger partial charge in [0.2, 0.25) is 0 Å². The van der Waals surface area contributed by atoms with Crippen LogP contribution in [0.4, 0.5) is 87.8 Å². The predicted molar refractivity (Wildman–Crippen MR) is 167 cm³/mol. The highest BCUT2D eigenvalue weighted by Gasteiger charge is 2.69. The topological polar surface area (TPSA) is 225 Å². The van der Waals surface area contributed by atoms with Gasteiger partial charge in [-0.05, 0) is 22.7 Å². The van der Waals surface area contributed by atoms with Crippen molar-refractivity contribution >= 4 is 40.2 Å². The minimum Gasteiger partial charge on any atom is -0.852 e. The molecule has 15 N–H and O–H groups in total. The summed E-state index contributed by atoms with van der Waals surface area (Å²) in [6.45, 7) is -5.95. The summed E-state index contributed by atoms with van der Waals surface area (Å²) in [5.41, 5.74) is -22.1. The van der Waals surface area contributed by atoms with Crippen LogP contribution in [-0.4, -0.2) is 55.4 Å². The van der Waals surface area contributed by atoms with E-state index >= 15 is 43.9 Å². The number of fused-ring (bicyclic) bond motifs is 7. The SMILES string of the molecule is O.O.O.O.O.O.[OH2+][B@@-]1(c2c(F)c(F)c(F)c(F)c2-c2cc(F)c(F)c(F)c2F)[OH+][B-]2(c3c(F)c(F)c(F)c(F)c3-c3c(F)c(F)c(F)c(F)c32)c2c(F)c(F)c(F)c(F)c21. The van der Waals surface area contributed by atoms with Crippen molar-refractivity contribution in [1.82, 2.24) is 0 Å². The van der Waals surface area contributed by atoms with E-state index in [0.717, 1.165) is 0 Å². The van der Waals surface area contributed by atoms with E-state index in [0.29, 0.717) is 0 Å². The van der Waals surface area contributed by atoms with Gasteiger partial charge in [-0.1, -0.05) is 16.4 Å². The Kier molecular flexibility index (Phi) is 14.2. The third kappa shape index (κ3) is 5.84. The summed E-state index contributed by atoms with van der Waals surface area (Å²) in [6.07, 6.45) is -5.77. The van der Waals surface area contributed by atoms with Crippen molar-refractivity contribution in [2.24, 2.45) is 0 Å². The summed E-state index contributed by atoms with van der Waals surface area (Å²) in [5.74, 6) is -60.2. The lowest BCUT2D eigenvalue weighted by Crippen LogP contribution is -2.72. The van der Waals surface area contributed by atoms with Gasteiger partial charge in [0.15, 0.2) is 87.3 Å². The van der Waals surface area contributed by atoms with Crippen molar-refractivity contribution < 1.29 is 130 Å². The monoisotopic (exact) mass is 906 g/mol. The average molecular weight is 906 g/mol. The highest BCUT2D eigenvalue weighted by atomic mass is 19.2. The Balaban J connectivity index is 0.00000300. The maximum Gasteiger partial charge on any atom is 0.594 e. The molecule has 0 fully saturated rings. The Hall–Kier alpha value is -5.49. The van der Waals surface area contributed by atoms with Crippen molar-refractivity contribution in [3.63, 3.8) is 0 Å². The molecule has 0 saturated carbocycles. The summed E-state index contributed by atoms with van der Waals surface area (Å²) >= 11 is 0. The quantitative estimate of drug-likeness (QED) is 0.0748. The summed E-state index contributed by atoms with van der Waals surface area (Å²) in [7, 11) is 0. The number of hydrogen-bond acceptors (Lipinski definition) is 0. The van der Waals surface area contributed by atoms with Gasteiger partial charge >= 0.3 is 12.9 Å². The van der Waals surface area contributed by atoms with Crippen molar-refractivity contribution in [1.29, 1.82) is 0 Å². The summed E-state index contributed by atoms with van der Waals surface area (Å²) in [5, 5.41) is 9.00. The number of benzene rings is 5. The van der Waals surface area contributed by atoms with Gasteiger partial charge in [-0.2, -0.15) is 0 Å². The van der Waals surface area contributed by atoms with Crippen molar-refractivity contribution in [3.05, 3.63) is 122 Å². The zero-order valence-corrected chi connectivity index (χ0v) is 27.7. The van der Waals surface area contributed by atoms with Crippen molar-refractivity contribution in [2.75, 3.05) is 0 Å². The first-order chi connectivity index (χ1) is 25.0. The molecule has 8 nitrogen and oxygen atoms in total. The summed E-state index contributed by atoms with van der Waals surface area (Å²) in [4.78, 5) is 0. The van der Waals surface area contributed by atoms with E-state index in [2.05, 4.69) is 4.57 Å². The molecular formula is C30H16B2F20O8. The molecule has 0 saturated heterocycles. The van der Waals surface area contributed by atoms with Crippen LogP contribution in [0.25, 0.3) is 22.3 Å². The number of hydrogen-bond donors (Lipinski definition) is 0. The van der Waals surface area contributed by atoms with Gasteiger partial charge in [0, 0.05) is 16.6 Å². The highest BCUT2D eigenvalue weighted by molar-refractivity contribution is 7.20. The lowest BCUT2D eigenvalue weighted by Gasteiger charge is -2.40. The number of halogens is 20. The Morgan fingerprint density at radius 1 is 0.300 bits per heavy atom. The molecule has 5 aromatic carbocycles. The molecule has 0 bridgehead atoms. The van der Waals surface area contributed by atoms with E-state index < -0.39 is 185 Å². The highest BCUT2D eigenvalue weighted by Crippen LogP contribution is 2.42. The minimum atomic E-state index is -5.95. The third-order valence-electron chi connectivity index (χ3n) is 9.41. The Morgan fingerprint density at radius 3 is 0.967 bits per heavy atom. The molecule has 30 heteroatoms. The van der Waals surface area contributed by atoms with Crippen LogP contribution >= 0.6 is 0 Å². The standard InChI is InChI=1S/C30H4B2F20O2.6H2O/c33-3-1-2(12(34)22(44)13(3)35)4-9(19(41)28(50)23(45)14(4)36)32(53)11-10(20(42)29(51)30(52)21(11)43)31(54-32)7-5(15(37)24(46)26(48)17(7)39)6-8(31)18(40)27(49)25(47)16(6)38;;;;;;/h1,54H,53H2;6*1H2/t32-;;;;;;/m0....../s1. The molecule has 7 rings (SSSR count). The van der Waals surface area contributed by atoms with Gasteiger partial charge in [-0.15, -0.1) is 0 Å². The number of rotatable bonds is 2. The zero-order valence-electron chi connectivity index (χ0n) is 27.7. The molecule has 2 heterocycles. The Bertz CT molecular complexity index is 2580. The van der Waals surface area contributed by atoms with Crippen LogP contribution in [0.2, 0.25) is 0 Å². The zero-order chi connectivity index (χ0) is 40.2. The Labute approximate surface area is 315 Å². The molecule has 0 radical (unpaired) electrons. The second kappa shape index (κ2) is 16.2. The van der Waals surface area contributed by atoms with Crippen molar-refractivity contribution in [2.45, 2.75) is 0 Å². The van der Waals surface area contributed by atoms with Crippen LogP contribution in [0.3, 0.4) is 0 Å². The first-order valence-corrected chi connectivity index (χ1v) is 14.1. The van der Waals surface area contributed by atoms with E-state index in [9.17, 15) is 43.9 Å².